The van der Waals surface area contributed by atoms with Crippen LogP contribution in [0.3, 0.4) is 0 Å². The van der Waals surface area contributed by atoms with E-state index in [1.807, 2.05) is 18.5 Å². The van der Waals surface area contributed by atoms with Gasteiger partial charge in [-0.25, -0.2) is 14.5 Å². The molecule has 0 unspecified atom stereocenters. The second kappa shape index (κ2) is 7.17. The third-order valence-corrected chi connectivity index (χ3v) is 4.53. The van der Waals surface area contributed by atoms with Crippen molar-refractivity contribution in [2.24, 2.45) is 0 Å². The molecule has 0 radical (unpaired) electrons. The highest BCUT2D eigenvalue weighted by molar-refractivity contribution is 6.04. The van der Waals surface area contributed by atoms with Gasteiger partial charge in [-0.1, -0.05) is 0 Å². The lowest BCUT2D eigenvalue weighted by molar-refractivity contribution is 0.0527. The molecule has 7 heteroatoms. The lowest BCUT2D eigenvalue weighted by Crippen LogP contribution is -2.37. The van der Waals surface area contributed by atoms with Crippen molar-refractivity contribution in [2.75, 3.05) is 32.1 Å². The first-order valence-electron chi connectivity index (χ1n) is 8.60. The second-order valence-electron chi connectivity index (χ2n) is 6.19. The molecule has 0 aromatic carbocycles. The summed E-state index contributed by atoms with van der Waals surface area (Å²) in [6.07, 6.45) is 5.48. The van der Waals surface area contributed by atoms with Crippen molar-refractivity contribution in [3.63, 3.8) is 0 Å². The van der Waals surface area contributed by atoms with Crippen LogP contribution >= 0.6 is 0 Å². The molecule has 1 aliphatic rings. The Morgan fingerprint density at radius 2 is 2.08 bits per heavy atom. The number of carbonyl (C=O) groups is 1. The summed E-state index contributed by atoms with van der Waals surface area (Å²) < 4.78 is 7.04. The van der Waals surface area contributed by atoms with E-state index in [4.69, 9.17) is 4.74 Å². The van der Waals surface area contributed by atoms with Gasteiger partial charge in [-0.2, -0.15) is 5.10 Å². The number of hydrogen-bond donors (Lipinski definition) is 1. The van der Waals surface area contributed by atoms with Crippen molar-refractivity contribution in [3.05, 3.63) is 18.0 Å². The molecular weight excluding hydrogens is 306 g/mol. The molecule has 3 heterocycles. The van der Waals surface area contributed by atoms with Gasteiger partial charge in [0.15, 0.2) is 5.65 Å². The first-order valence-corrected chi connectivity index (χ1v) is 8.60. The Morgan fingerprint density at radius 1 is 1.33 bits per heavy atom. The summed E-state index contributed by atoms with van der Waals surface area (Å²) in [5.74, 6) is -0.341. The van der Waals surface area contributed by atoms with Crippen molar-refractivity contribution in [1.82, 2.24) is 19.7 Å². The zero-order chi connectivity index (χ0) is 17.1. The van der Waals surface area contributed by atoms with Crippen LogP contribution in [0.25, 0.3) is 11.0 Å². The van der Waals surface area contributed by atoms with Crippen LogP contribution in [0.15, 0.2) is 12.4 Å². The molecule has 0 amide bonds. The lowest BCUT2D eigenvalue weighted by atomic mass is 10.0. The van der Waals surface area contributed by atoms with E-state index < -0.39 is 0 Å². The summed E-state index contributed by atoms with van der Waals surface area (Å²) in [7, 11) is 2.14. The molecule has 1 aliphatic heterocycles. The van der Waals surface area contributed by atoms with Gasteiger partial charge in [-0.15, -0.1) is 0 Å². The number of esters is 1. The van der Waals surface area contributed by atoms with Crippen molar-refractivity contribution in [1.29, 1.82) is 0 Å². The quantitative estimate of drug-likeness (QED) is 0.846. The maximum atomic E-state index is 12.3. The minimum absolute atomic E-state index is 0.338. The summed E-state index contributed by atoms with van der Waals surface area (Å²) in [4.78, 5) is 19.1. The molecule has 7 nitrogen and oxygen atoms in total. The Hall–Kier alpha value is -2.15. The van der Waals surface area contributed by atoms with Crippen LogP contribution < -0.4 is 5.32 Å². The third-order valence-electron chi connectivity index (χ3n) is 4.53. The number of pyridine rings is 1. The number of carbonyl (C=O) groups excluding carboxylic acids is 1. The Morgan fingerprint density at radius 3 is 2.75 bits per heavy atom. The Kier molecular flexibility index (Phi) is 4.99. The highest BCUT2D eigenvalue weighted by Gasteiger charge is 2.23. The van der Waals surface area contributed by atoms with Crippen LogP contribution in [0.2, 0.25) is 0 Å². The predicted molar refractivity (Wildman–Crippen MR) is 93.3 cm³/mol. The molecular formula is C17H25N5O2. The highest BCUT2D eigenvalue weighted by atomic mass is 16.5. The normalized spacial score (nSPS) is 16.5. The number of aryl methyl sites for hydroxylation is 1. The number of likely N-dealkylation sites (tertiary alicyclic amines) is 1. The van der Waals surface area contributed by atoms with Crippen LogP contribution in [0.5, 0.6) is 0 Å². The number of aromatic nitrogens is 3. The summed E-state index contributed by atoms with van der Waals surface area (Å²) in [6, 6.07) is 0.338. The number of ether oxygens (including phenoxy) is 1. The lowest BCUT2D eigenvalue weighted by Gasteiger charge is -2.30. The first-order chi connectivity index (χ1) is 11.6. The Balaban J connectivity index is 1.98. The molecule has 1 fully saturated rings. The smallest absolute Gasteiger partial charge is 0.341 e. The monoisotopic (exact) mass is 331 g/mol. The van der Waals surface area contributed by atoms with Gasteiger partial charge < -0.3 is 15.0 Å². The van der Waals surface area contributed by atoms with Crippen molar-refractivity contribution >= 4 is 22.7 Å². The van der Waals surface area contributed by atoms with E-state index in [1.54, 1.807) is 12.4 Å². The van der Waals surface area contributed by atoms with Crippen LogP contribution in [-0.4, -0.2) is 58.4 Å². The topological polar surface area (TPSA) is 72.3 Å². The van der Waals surface area contributed by atoms with Crippen molar-refractivity contribution in [2.45, 2.75) is 39.3 Å². The number of rotatable bonds is 5. The number of hydrogen-bond acceptors (Lipinski definition) is 6. The van der Waals surface area contributed by atoms with Gasteiger partial charge in [-0.3, -0.25) is 0 Å². The van der Waals surface area contributed by atoms with Gasteiger partial charge in [-0.05, 0) is 46.8 Å². The van der Waals surface area contributed by atoms with Gasteiger partial charge in [0.25, 0.3) is 0 Å². The minimum Gasteiger partial charge on any atom is -0.462 e. The number of piperidine rings is 1. The fourth-order valence-corrected chi connectivity index (χ4v) is 3.13. The molecule has 130 valence electrons. The SMILES string of the molecule is CCOC(=O)c1cnc2c(cnn2CC)c1NC1CCN(C)CC1. The van der Waals surface area contributed by atoms with Gasteiger partial charge >= 0.3 is 5.97 Å². The average molecular weight is 331 g/mol. The van der Waals surface area contributed by atoms with Gasteiger partial charge in [0.1, 0.15) is 5.56 Å². The fourth-order valence-electron chi connectivity index (χ4n) is 3.13. The molecule has 1 N–H and O–H groups in total. The molecule has 1 saturated heterocycles. The van der Waals surface area contributed by atoms with Crippen molar-refractivity contribution < 1.29 is 9.53 Å². The van der Waals surface area contributed by atoms with E-state index >= 15 is 0 Å². The summed E-state index contributed by atoms with van der Waals surface area (Å²) >= 11 is 0. The molecule has 24 heavy (non-hydrogen) atoms. The third kappa shape index (κ3) is 3.21. The Labute approximate surface area is 142 Å². The predicted octanol–water partition coefficient (Wildman–Crippen LogP) is 2.13. The van der Waals surface area contributed by atoms with E-state index in [0.717, 1.165) is 49.2 Å². The molecule has 0 saturated carbocycles. The second-order valence-corrected chi connectivity index (χ2v) is 6.19. The number of nitrogens with one attached hydrogen (secondary N) is 1. The van der Waals surface area contributed by atoms with E-state index in [0.29, 0.717) is 18.2 Å². The van der Waals surface area contributed by atoms with E-state index in [1.165, 1.54) is 0 Å². The number of nitrogens with zero attached hydrogens (tertiary/aromatic N) is 4. The molecule has 0 atom stereocenters. The van der Waals surface area contributed by atoms with Gasteiger partial charge in [0, 0.05) is 18.8 Å². The number of fused-ring (bicyclic) bond motifs is 1. The maximum absolute atomic E-state index is 12.3. The average Bonchev–Trinajstić information content (AvgIpc) is 3.01. The van der Waals surface area contributed by atoms with Crippen molar-refractivity contribution in [3.8, 4) is 0 Å². The molecule has 0 spiro atoms. The molecule has 2 aromatic heterocycles. The Bertz CT molecular complexity index is 719. The number of anilines is 1. The van der Waals surface area contributed by atoms with Crippen LogP contribution in [-0.2, 0) is 11.3 Å². The van der Waals surface area contributed by atoms with Crippen LogP contribution in [0, 0.1) is 0 Å². The van der Waals surface area contributed by atoms with Gasteiger partial charge in [0.05, 0.1) is 23.9 Å². The van der Waals surface area contributed by atoms with Gasteiger partial charge in [0.2, 0.25) is 0 Å². The molecule has 2 aromatic rings. The fraction of sp³-hybridized carbons (Fsp3) is 0.588. The minimum atomic E-state index is -0.341. The van der Waals surface area contributed by atoms with E-state index in [-0.39, 0.29) is 5.97 Å². The zero-order valence-electron chi connectivity index (χ0n) is 14.6. The highest BCUT2D eigenvalue weighted by Crippen LogP contribution is 2.28. The molecule has 0 aliphatic carbocycles. The van der Waals surface area contributed by atoms with E-state index in [9.17, 15) is 4.79 Å². The van der Waals surface area contributed by atoms with Crippen LogP contribution in [0.1, 0.15) is 37.0 Å². The largest absolute Gasteiger partial charge is 0.462 e. The molecule has 3 rings (SSSR count). The molecule has 0 bridgehead atoms. The summed E-state index contributed by atoms with van der Waals surface area (Å²) in [6.45, 7) is 7.02. The van der Waals surface area contributed by atoms with Crippen LogP contribution in [0.4, 0.5) is 5.69 Å². The summed E-state index contributed by atoms with van der Waals surface area (Å²) in [5.41, 5.74) is 2.08. The van der Waals surface area contributed by atoms with E-state index in [2.05, 4.69) is 27.3 Å². The zero-order valence-corrected chi connectivity index (χ0v) is 14.6. The standard InChI is InChI=1S/C17H25N5O2/c1-4-22-16-13(11-19-22)15(14(10-18-16)17(23)24-5-2)20-12-6-8-21(3)9-7-12/h10-12H,4-9H2,1-3H3,(H,18,20). The summed E-state index contributed by atoms with van der Waals surface area (Å²) in [5, 5.41) is 8.83. The first kappa shape index (κ1) is 16.7. The maximum Gasteiger partial charge on any atom is 0.341 e.